The summed E-state index contributed by atoms with van der Waals surface area (Å²) < 4.78 is 41.9. The van der Waals surface area contributed by atoms with E-state index in [-0.39, 0.29) is 24.4 Å². The fourth-order valence-corrected chi connectivity index (χ4v) is 3.66. The predicted molar refractivity (Wildman–Crippen MR) is 95.4 cm³/mol. The molecule has 2 aromatic rings. The van der Waals surface area contributed by atoms with Gasteiger partial charge in [-0.3, -0.25) is 10.2 Å². The summed E-state index contributed by atoms with van der Waals surface area (Å²) in [6.45, 7) is 2.15. The predicted octanol–water partition coefficient (Wildman–Crippen LogP) is 4.91. The smallest absolute Gasteiger partial charge is 0.288 e. The fraction of sp³-hybridized carbons (Fsp3) is 0.450. The zero-order valence-corrected chi connectivity index (χ0v) is 14.8. The van der Waals surface area contributed by atoms with Crippen LogP contribution in [0.15, 0.2) is 36.4 Å². The first kappa shape index (κ1) is 18.7. The van der Waals surface area contributed by atoms with E-state index in [2.05, 4.69) is 12.3 Å². The molecule has 1 aliphatic rings. The van der Waals surface area contributed by atoms with Crippen LogP contribution in [0.2, 0.25) is 0 Å². The van der Waals surface area contributed by atoms with Crippen molar-refractivity contribution in [1.82, 2.24) is 10.4 Å². The molecule has 1 heterocycles. The number of amides is 1. The summed E-state index contributed by atoms with van der Waals surface area (Å²) in [6, 6.07) is 8.85. The second-order valence-electron chi connectivity index (χ2n) is 6.74. The minimum absolute atomic E-state index is 0.0530. The van der Waals surface area contributed by atoms with Gasteiger partial charge in [0.1, 0.15) is 0 Å². The van der Waals surface area contributed by atoms with E-state index < -0.39 is 12.2 Å². The molecule has 0 unspecified atom stereocenters. The van der Waals surface area contributed by atoms with Crippen LogP contribution in [0.5, 0.6) is 0 Å². The molecule has 0 aliphatic carbocycles. The molecule has 0 bridgehead atoms. The lowest BCUT2D eigenvalue weighted by atomic mass is 9.92. The molecule has 1 N–H and O–H groups in total. The van der Waals surface area contributed by atoms with Gasteiger partial charge in [-0.1, -0.05) is 56.2 Å². The molecule has 6 heteroatoms. The van der Waals surface area contributed by atoms with Gasteiger partial charge in [0.05, 0.1) is 0 Å². The number of halogens is 3. The highest BCUT2D eigenvalue weighted by Gasteiger charge is 2.47. The molecule has 1 fully saturated rings. The molecule has 0 saturated carbocycles. The molecule has 3 nitrogen and oxygen atoms in total. The minimum Gasteiger partial charge on any atom is -0.288 e. The van der Waals surface area contributed by atoms with Crippen LogP contribution in [0.4, 0.5) is 13.2 Å². The molecule has 2 aromatic carbocycles. The number of hydrogen-bond acceptors (Lipinski definition) is 2. The summed E-state index contributed by atoms with van der Waals surface area (Å²) in [5.41, 5.74) is 3.52. The second-order valence-corrected chi connectivity index (χ2v) is 6.74. The number of carbonyl (C=O) groups excluding carboxylic acids is 1. The third kappa shape index (κ3) is 3.85. The number of nitrogens with one attached hydrogen (secondary N) is 1. The zero-order valence-electron chi connectivity index (χ0n) is 14.8. The van der Waals surface area contributed by atoms with Crippen molar-refractivity contribution in [2.75, 3.05) is 6.54 Å². The normalized spacial score (nSPS) is 16.8. The third-order valence-electron chi connectivity index (χ3n) is 4.84. The number of fused-ring (bicyclic) bond motifs is 1. The van der Waals surface area contributed by atoms with Gasteiger partial charge in [0.15, 0.2) is 6.04 Å². The molecule has 0 spiro atoms. The number of carbonyl (C=O) groups is 1. The van der Waals surface area contributed by atoms with E-state index >= 15 is 0 Å². The van der Waals surface area contributed by atoms with Crippen molar-refractivity contribution >= 4 is 16.7 Å². The Morgan fingerprint density at radius 3 is 2.50 bits per heavy atom. The van der Waals surface area contributed by atoms with Crippen LogP contribution in [0.1, 0.15) is 49.8 Å². The number of hydrogen-bond donors (Lipinski definition) is 1. The molecule has 140 valence electrons. The standard InChI is InChI=1S/C20H23F3N2O/c1-2-3-4-7-14-8-5-9-15-10-6-11-16(18(14)15)19(20(21,22)23)25-13-12-17(26)24-25/h5-6,8-11,19H,2-4,7,12-13H2,1H3,(H,24,26)/t19-/m0/s1. The monoisotopic (exact) mass is 364 g/mol. The first-order chi connectivity index (χ1) is 12.4. The van der Waals surface area contributed by atoms with Gasteiger partial charge in [-0.15, -0.1) is 0 Å². The SMILES string of the molecule is CCCCCc1cccc2cccc([C@H](N3CCC(=O)N3)C(F)(F)F)c12. The summed E-state index contributed by atoms with van der Waals surface area (Å²) in [5.74, 6) is -0.373. The number of rotatable bonds is 6. The number of nitrogens with zero attached hydrogens (tertiary/aromatic N) is 1. The Bertz CT molecular complexity index is 783. The van der Waals surface area contributed by atoms with Gasteiger partial charge in [0.25, 0.3) is 0 Å². The molecule has 3 rings (SSSR count). The maximum atomic E-state index is 14.0. The number of hydrazine groups is 1. The molecule has 0 aromatic heterocycles. The van der Waals surface area contributed by atoms with Crippen molar-refractivity contribution in [3.8, 4) is 0 Å². The van der Waals surface area contributed by atoms with Crippen molar-refractivity contribution in [3.63, 3.8) is 0 Å². The van der Waals surface area contributed by atoms with E-state index in [1.54, 1.807) is 6.07 Å². The largest absolute Gasteiger partial charge is 0.409 e. The molecule has 1 saturated heterocycles. The Morgan fingerprint density at radius 2 is 1.88 bits per heavy atom. The summed E-state index contributed by atoms with van der Waals surface area (Å²) in [7, 11) is 0. The number of unbranched alkanes of at least 4 members (excludes halogenated alkanes) is 2. The fourth-order valence-electron chi connectivity index (χ4n) is 3.66. The van der Waals surface area contributed by atoms with E-state index in [1.165, 1.54) is 6.07 Å². The summed E-state index contributed by atoms with van der Waals surface area (Å²) >= 11 is 0. The Hall–Kier alpha value is -2.08. The lowest BCUT2D eigenvalue weighted by molar-refractivity contribution is -0.190. The van der Waals surface area contributed by atoms with E-state index in [0.29, 0.717) is 5.39 Å². The van der Waals surface area contributed by atoms with Crippen LogP contribution in [-0.4, -0.2) is 23.6 Å². The molecular weight excluding hydrogens is 341 g/mol. The molecule has 1 amide bonds. The second kappa shape index (κ2) is 7.66. The highest BCUT2D eigenvalue weighted by atomic mass is 19.4. The van der Waals surface area contributed by atoms with Gasteiger partial charge < -0.3 is 0 Å². The Balaban J connectivity index is 2.10. The van der Waals surface area contributed by atoms with Crippen molar-refractivity contribution in [2.24, 2.45) is 0 Å². The van der Waals surface area contributed by atoms with Crippen LogP contribution < -0.4 is 5.43 Å². The average Bonchev–Trinajstić information content (AvgIpc) is 3.00. The van der Waals surface area contributed by atoms with Crippen LogP contribution >= 0.6 is 0 Å². The molecular formula is C20H23F3N2O. The molecule has 0 radical (unpaired) electrons. The van der Waals surface area contributed by atoms with Crippen LogP contribution in [0.3, 0.4) is 0 Å². The van der Waals surface area contributed by atoms with E-state index in [0.717, 1.165) is 41.6 Å². The quantitative estimate of drug-likeness (QED) is 0.739. The van der Waals surface area contributed by atoms with Crippen LogP contribution in [0, 0.1) is 0 Å². The number of benzene rings is 2. The maximum Gasteiger partial charge on any atom is 0.409 e. The first-order valence-corrected chi connectivity index (χ1v) is 9.05. The Labute approximate surface area is 151 Å². The van der Waals surface area contributed by atoms with Crippen molar-refractivity contribution < 1.29 is 18.0 Å². The van der Waals surface area contributed by atoms with Gasteiger partial charge >= 0.3 is 6.18 Å². The van der Waals surface area contributed by atoms with E-state index in [1.807, 2.05) is 24.3 Å². The van der Waals surface area contributed by atoms with Crippen LogP contribution in [-0.2, 0) is 11.2 Å². The van der Waals surface area contributed by atoms with Gasteiger partial charge in [-0.05, 0) is 34.7 Å². The zero-order chi connectivity index (χ0) is 18.7. The van der Waals surface area contributed by atoms with Gasteiger partial charge in [-0.2, -0.15) is 13.2 Å². The molecule has 1 aliphatic heterocycles. The highest BCUT2D eigenvalue weighted by molar-refractivity contribution is 5.89. The lowest BCUT2D eigenvalue weighted by Crippen LogP contribution is -2.43. The summed E-state index contributed by atoms with van der Waals surface area (Å²) in [4.78, 5) is 11.5. The lowest BCUT2D eigenvalue weighted by Gasteiger charge is -2.30. The highest BCUT2D eigenvalue weighted by Crippen LogP contribution is 2.41. The van der Waals surface area contributed by atoms with Crippen LogP contribution in [0.25, 0.3) is 10.8 Å². The number of alkyl halides is 3. The van der Waals surface area contributed by atoms with E-state index in [4.69, 9.17) is 0 Å². The average molecular weight is 364 g/mol. The maximum absolute atomic E-state index is 14.0. The van der Waals surface area contributed by atoms with Gasteiger partial charge in [0.2, 0.25) is 5.91 Å². The van der Waals surface area contributed by atoms with E-state index in [9.17, 15) is 18.0 Å². The molecule has 1 atom stereocenters. The number of aryl methyl sites for hydroxylation is 1. The Morgan fingerprint density at radius 1 is 1.15 bits per heavy atom. The Kier molecular flexibility index (Phi) is 5.51. The molecule has 26 heavy (non-hydrogen) atoms. The third-order valence-corrected chi connectivity index (χ3v) is 4.84. The first-order valence-electron chi connectivity index (χ1n) is 9.05. The van der Waals surface area contributed by atoms with Crippen molar-refractivity contribution in [1.29, 1.82) is 0 Å². The van der Waals surface area contributed by atoms with Gasteiger partial charge in [0, 0.05) is 13.0 Å². The summed E-state index contributed by atoms with van der Waals surface area (Å²) in [5, 5.41) is 2.49. The minimum atomic E-state index is -4.48. The van der Waals surface area contributed by atoms with Crippen molar-refractivity contribution in [2.45, 2.75) is 51.2 Å². The topological polar surface area (TPSA) is 32.3 Å². The van der Waals surface area contributed by atoms with Crippen molar-refractivity contribution in [3.05, 3.63) is 47.5 Å². The van der Waals surface area contributed by atoms with Gasteiger partial charge in [-0.25, -0.2) is 5.01 Å². The summed E-state index contributed by atoms with van der Waals surface area (Å²) in [6.07, 6.45) is -0.602.